The molecule has 0 bridgehead atoms. The van der Waals surface area contributed by atoms with Crippen LogP contribution in [0.25, 0.3) is 0 Å². The molecule has 2 atom stereocenters. The molecule has 17 heavy (non-hydrogen) atoms. The number of rotatable bonds is 7. The van der Waals surface area contributed by atoms with E-state index in [1.54, 1.807) is 0 Å². The predicted octanol–water partition coefficient (Wildman–Crippen LogP) is 2.23. The molecule has 3 nitrogen and oxygen atoms in total. The van der Waals surface area contributed by atoms with Crippen molar-refractivity contribution < 1.29 is 10.2 Å². The SMILES string of the molecule is CCC(CCO)NCC(O)c1cccc(Br)c1. The summed E-state index contributed by atoms with van der Waals surface area (Å²) in [6, 6.07) is 7.93. The van der Waals surface area contributed by atoms with Gasteiger partial charge in [-0.3, -0.25) is 0 Å². The molecule has 0 aliphatic rings. The molecule has 0 saturated carbocycles. The van der Waals surface area contributed by atoms with Gasteiger partial charge in [-0.1, -0.05) is 35.0 Å². The zero-order chi connectivity index (χ0) is 12.7. The lowest BCUT2D eigenvalue weighted by molar-refractivity contribution is 0.164. The second-order valence-electron chi connectivity index (χ2n) is 4.10. The van der Waals surface area contributed by atoms with Crippen LogP contribution in [0.3, 0.4) is 0 Å². The molecule has 1 rings (SSSR count). The molecule has 0 aliphatic carbocycles. The molecule has 0 fully saturated rings. The summed E-state index contributed by atoms with van der Waals surface area (Å²) in [5.41, 5.74) is 0.894. The Bertz CT molecular complexity index is 333. The van der Waals surface area contributed by atoms with E-state index in [1.807, 2.05) is 24.3 Å². The van der Waals surface area contributed by atoms with Gasteiger partial charge in [-0.2, -0.15) is 0 Å². The van der Waals surface area contributed by atoms with Gasteiger partial charge in [0.2, 0.25) is 0 Å². The van der Waals surface area contributed by atoms with Crippen molar-refractivity contribution in [3.8, 4) is 0 Å². The van der Waals surface area contributed by atoms with Crippen LogP contribution in [0.4, 0.5) is 0 Å². The Labute approximate surface area is 111 Å². The molecular weight excluding hydrogens is 282 g/mol. The molecule has 0 radical (unpaired) electrons. The maximum atomic E-state index is 10.0. The minimum Gasteiger partial charge on any atom is -0.396 e. The lowest BCUT2D eigenvalue weighted by atomic mass is 10.1. The molecule has 1 aromatic carbocycles. The number of nitrogens with one attached hydrogen (secondary N) is 1. The maximum absolute atomic E-state index is 10.0. The summed E-state index contributed by atoms with van der Waals surface area (Å²) < 4.78 is 0.969. The number of hydrogen-bond acceptors (Lipinski definition) is 3. The minimum absolute atomic E-state index is 0.179. The van der Waals surface area contributed by atoms with Crippen LogP contribution in [-0.4, -0.2) is 29.4 Å². The molecular formula is C13H20BrNO2. The molecule has 96 valence electrons. The highest BCUT2D eigenvalue weighted by Gasteiger charge is 2.10. The van der Waals surface area contributed by atoms with Crippen molar-refractivity contribution in [2.75, 3.05) is 13.2 Å². The summed E-state index contributed by atoms with van der Waals surface area (Å²) in [4.78, 5) is 0. The fourth-order valence-corrected chi connectivity index (χ4v) is 2.13. The molecule has 0 heterocycles. The third-order valence-electron chi connectivity index (χ3n) is 2.80. The summed E-state index contributed by atoms with van der Waals surface area (Å²) in [5.74, 6) is 0. The van der Waals surface area contributed by atoms with E-state index in [0.717, 1.165) is 22.9 Å². The molecule has 4 heteroatoms. The largest absolute Gasteiger partial charge is 0.396 e. The zero-order valence-electron chi connectivity index (χ0n) is 10.1. The van der Waals surface area contributed by atoms with Gasteiger partial charge in [0, 0.05) is 23.7 Å². The van der Waals surface area contributed by atoms with Crippen molar-refractivity contribution in [1.82, 2.24) is 5.32 Å². The van der Waals surface area contributed by atoms with Crippen LogP contribution < -0.4 is 5.32 Å². The van der Waals surface area contributed by atoms with Crippen LogP contribution in [0.1, 0.15) is 31.4 Å². The molecule has 0 spiro atoms. The van der Waals surface area contributed by atoms with Gasteiger partial charge in [-0.25, -0.2) is 0 Å². The van der Waals surface area contributed by atoms with E-state index < -0.39 is 6.10 Å². The highest BCUT2D eigenvalue weighted by molar-refractivity contribution is 9.10. The van der Waals surface area contributed by atoms with Crippen molar-refractivity contribution in [2.45, 2.75) is 31.9 Å². The summed E-state index contributed by atoms with van der Waals surface area (Å²) >= 11 is 3.38. The standard InChI is InChI=1S/C13H20BrNO2/c1-2-12(6-7-16)15-9-13(17)10-4-3-5-11(14)8-10/h3-5,8,12-13,15-17H,2,6-7,9H2,1H3. The van der Waals surface area contributed by atoms with E-state index in [2.05, 4.69) is 28.2 Å². The van der Waals surface area contributed by atoms with Crippen molar-refractivity contribution in [1.29, 1.82) is 0 Å². The first-order chi connectivity index (χ1) is 8.17. The van der Waals surface area contributed by atoms with E-state index in [1.165, 1.54) is 0 Å². The van der Waals surface area contributed by atoms with Gasteiger partial charge in [0.05, 0.1) is 6.10 Å². The van der Waals surface area contributed by atoms with E-state index in [-0.39, 0.29) is 12.6 Å². The highest BCUT2D eigenvalue weighted by Crippen LogP contribution is 2.17. The zero-order valence-corrected chi connectivity index (χ0v) is 11.7. The lowest BCUT2D eigenvalue weighted by Gasteiger charge is -2.19. The van der Waals surface area contributed by atoms with Gasteiger partial charge in [0.25, 0.3) is 0 Å². The average Bonchev–Trinajstić information content (AvgIpc) is 2.34. The van der Waals surface area contributed by atoms with Gasteiger partial charge >= 0.3 is 0 Å². The molecule has 1 aromatic rings. The Morgan fingerprint density at radius 1 is 1.41 bits per heavy atom. The van der Waals surface area contributed by atoms with Crippen LogP contribution in [0.2, 0.25) is 0 Å². The van der Waals surface area contributed by atoms with E-state index in [9.17, 15) is 5.11 Å². The number of aliphatic hydroxyl groups excluding tert-OH is 2. The van der Waals surface area contributed by atoms with Crippen LogP contribution in [0.5, 0.6) is 0 Å². The molecule has 0 saturated heterocycles. The number of benzene rings is 1. The minimum atomic E-state index is -0.514. The summed E-state index contributed by atoms with van der Waals surface area (Å²) in [7, 11) is 0. The van der Waals surface area contributed by atoms with E-state index in [4.69, 9.17) is 5.11 Å². The summed E-state index contributed by atoms with van der Waals surface area (Å²) in [6.07, 6.45) is 1.16. The maximum Gasteiger partial charge on any atom is 0.0914 e. The van der Waals surface area contributed by atoms with Crippen LogP contribution in [0, 0.1) is 0 Å². The predicted molar refractivity (Wildman–Crippen MR) is 72.9 cm³/mol. The summed E-state index contributed by atoms with van der Waals surface area (Å²) in [6.45, 7) is 2.76. The van der Waals surface area contributed by atoms with Crippen molar-refractivity contribution >= 4 is 15.9 Å². The number of hydrogen-bond donors (Lipinski definition) is 3. The van der Waals surface area contributed by atoms with Gasteiger partial charge in [0.1, 0.15) is 0 Å². The normalized spacial score (nSPS) is 14.6. The van der Waals surface area contributed by atoms with Crippen LogP contribution >= 0.6 is 15.9 Å². The Hall–Kier alpha value is -0.420. The molecule has 0 aliphatic heterocycles. The Morgan fingerprint density at radius 3 is 2.76 bits per heavy atom. The van der Waals surface area contributed by atoms with E-state index in [0.29, 0.717) is 6.54 Å². The first kappa shape index (κ1) is 14.6. The first-order valence-electron chi connectivity index (χ1n) is 5.95. The fourth-order valence-electron chi connectivity index (χ4n) is 1.72. The quantitative estimate of drug-likeness (QED) is 0.724. The lowest BCUT2D eigenvalue weighted by Crippen LogP contribution is -2.33. The third kappa shape index (κ3) is 5.17. The van der Waals surface area contributed by atoms with Gasteiger partial charge in [0.15, 0.2) is 0 Å². The Balaban J connectivity index is 2.46. The molecule has 3 N–H and O–H groups in total. The third-order valence-corrected chi connectivity index (χ3v) is 3.30. The Kier molecular flexibility index (Phi) is 6.73. The van der Waals surface area contributed by atoms with Crippen molar-refractivity contribution in [2.24, 2.45) is 0 Å². The number of aliphatic hydroxyl groups is 2. The summed E-state index contributed by atoms with van der Waals surface area (Å²) in [5, 5.41) is 22.2. The Morgan fingerprint density at radius 2 is 2.18 bits per heavy atom. The van der Waals surface area contributed by atoms with Gasteiger partial charge in [-0.05, 0) is 30.5 Å². The smallest absolute Gasteiger partial charge is 0.0914 e. The second kappa shape index (κ2) is 7.82. The monoisotopic (exact) mass is 301 g/mol. The van der Waals surface area contributed by atoms with Crippen molar-refractivity contribution in [3.05, 3.63) is 34.3 Å². The van der Waals surface area contributed by atoms with Gasteiger partial charge in [-0.15, -0.1) is 0 Å². The second-order valence-corrected chi connectivity index (χ2v) is 5.01. The van der Waals surface area contributed by atoms with Gasteiger partial charge < -0.3 is 15.5 Å². The van der Waals surface area contributed by atoms with Crippen LogP contribution in [-0.2, 0) is 0 Å². The van der Waals surface area contributed by atoms with E-state index >= 15 is 0 Å². The number of halogens is 1. The highest BCUT2D eigenvalue weighted by atomic mass is 79.9. The fraction of sp³-hybridized carbons (Fsp3) is 0.538. The van der Waals surface area contributed by atoms with Crippen molar-refractivity contribution in [3.63, 3.8) is 0 Å². The first-order valence-corrected chi connectivity index (χ1v) is 6.74. The molecule has 2 unspecified atom stereocenters. The van der Waals surface area contributed by atoms with Crippen LogP contribution in [0.15, 0.2) is 28.7 Å². The molecule has 0 aromatic heterocycles. The average molecular weight is 302 g/mol. The molecule has 0 amide bonds. The topological polar surface area (TPSA) is 52.5 Å².